The number of nitrogen functional groups attached to an aromatic ring is 1. The van der Waals surface area contributed by atoms with Crippen LogP contribution in [-0.4, -0.2) is 29.4 Å². The molecule has 1 heterocycles. The van der Waals surface area contributed by atoms with E-state index in [0.29, 0.717) is 16.7 Å². The number of carbonyl (C=O) groups is 1. The highest BCUT2D eigenvalue weighted by molar-refractivity contribution is 7.13. The van der Waals surface area contributed by atoms with Crippen molar-refractivity contribution in [3.8, 4) is 0 Å². The molecule has 0 spiro atoms. The topological polar surface area (TPSA) is 86.8 Å². The Morgan fingerprint density at radius 2 is 2.29 bits per heavy atom. The van der Waals surface area contributed by atoms with E-state index >= 15 is 0 Å². The number of esters is 1. The molecule has 21 heavy (non-hydrogen) atoms. The molecule has 2 atom stereocenters. The zero-order valence-corrected chi connectivity index (χ0v) is 13.2. The number of ether oxygens (including phenoxy) is 1. The lowest BCUT2D eigenvalue weighted by atomic mass is 9.88. The quantitative estimate of drug-likeness (QED) is 0.513. The first-order valence-electron chi connectivity index (χ1n) is 7.24. The van der Waals surface area contributed by atoms with E-state index in [-0.39, 0.29) is 18.4 Å². The lowest BCUT2D eigenvalue weighted by molar-refractivity contribution is -0.135. The molecular formula is C14H21N3O3S. The third-order valence-electron chi connectivity index (χ3n) is 3.55. The first-order chi connectivity index (χ1) is 10.1. The van der Waals surface area contributed by atoms with Crippen LogP contribution in [0.5, 0.6) is 0 Å². The molecule has 0 saturated heterocycles. The van der Waals surface area contributed by atoms with E-state index < -0.39 is 5.97 Å². The molecule has 2 rings (SSSR count). The van der Waals surface area contributed by atoms with Crippen molar-refractivity contribution < 1.29 is 14.4 Å². The molecule has 0 unspecified atom stereocenters. The van der Waals surface area contributed by atoms with Gasteiger partial charge in [-0.1, -0.05) is 18.5 Å². The predicted octanol–water partition coefficient (Wildman–Crippen LogP) is 2.59. The number of nitrogens with zero attached hydrogens (tertiary/aromatic N) is 2. The van der Waals surface area contributed by atoms with Gasteiger partial charge in [0.05, 0.1) is 6.61 Å². The summed E-state index contributed by atoms with van der Waals surface area (Å²) in [6.45, 7) is 4.16. The van der Waals surface area contributed by atoms with Crippen LogP contribution in [0.1, 0.15) is 45.2 Å². The van der Waals surface area contributed by atoms with E-state index in [1.165, 1.54) is 17.8 Å². The molecule has 0 bridgehead atoms. The van der Waals surface area contributed by atoms with Crippen LogP contribution in [-0.2, 0) is 14.4 Å². The second-order valence-corrected chi connectivity index (χ2v) is 6.03. The molecule has 1 aromatic heterocycles. The fourth-order valence-electron chi connectivity index (χ4n) is 2.34. The number of nitrogens with two attached hydrogens (primary N) is 1. The van der Waals surface area contributed by atoms with E-state index in [9.17, 15) is 4.79 Å². The Hall–Kier alpha value is -1.63. The van der Waals surface area contributed by atoms with Gasteiger partial charge in [-0.25, -0.2) is 9.78 Å². The summed E-state index contributed by atoms with van der Waals surface area (Å²) in [4.78, 5) is 21.7. The average molecular weight is 311 g/mol. The Balaban J connectivity index is 2.14. The van der Waals surface area contributed by atoms with Gasteiger partial charge >= 0.3 is 5.97 Å². The number of anilines is 1. The second-order valence-electron chi connectivity index (χ2n) is 5.14. The molecule has 7 heteroatoms. The van der Waals surface area contributed by atoms with Crippen LogP contribution >= 0.6 is 11.3 Å². The normalized spacial score (nSPS) is 22.9. The molecule has 0 amide bonds. The van der Waals surface area contributed by atoms with Gasteiger partial charge in [0.15, 0.2) is 5.13 Å². The van der Waals surface area contributed by atoms with E-state index in [1.54, 1.807) is 12.3 Å². The molecule has 1 aliphatic carbocycles. The fourth-order valence-corrected chi connectivity index (χ4v) is 2.89. The van der Waals surface area contributed by atoms with Gasteiger partial charge in [0.2, 0.25) is 5.71 Å². The summed E-state index contributed by atoms with van der Waals surface area (Å²) in [6, 6.07) is 0. The Morgan fingerprint density at radius 3 is 2.90 bits per heavy atom. The molecular weight excluding hydrogens is 290 g/mol. The van der Waals surface area contributed by atoms with Crippen LogP contribution < -0.4 is 5.73 Å². The number of thiazole rings is 1. The average Bonchev–Trinajstić information content (AvgIpc) is 2.88. The number of aromatic nitrogens is 1. The molecule has 1 fully saturated rings. The lowest BCUT2D eigenvalue weighted by Gasteiger charge is -2.26. The van der Waals surface area contributed by atoms with Crippen LogP contribution in [0.15, 0.2) is 10.5 Å². The third-order valence-corrected chi connectivity index (χ3v) is 4.22. The van der Waals surface area contributed by atoms with Crippen molar-refractivity contribution in [2.45, 2.75) is 45.6 Å². The summed E-state index contributed by atoms with van der Waals surface area (Å²) in [5.41, 5.74) is 6.10. The highest BCUT2D eigenvalue weighted by Crippen LogP contribution is 2.26. The molecule has 1 aromatic rings. The highest BCUT2D eigenvalue weighted by Gasteiger charge is 2.25. The summed E-state index contributed by atoms with van der Waals surface area (Å²) in [7, 11) is 0. The lowest BCUT2D eigenvalue weighted by Crippen LogP contribution is -2.26. The van der Waals surface area contributed by atoms with E-state index in [0.717, 1.165) is 19.3 Å². The molecule has 6 nitrogen and oxygen atoms in total. The molecule has 1 saturated carbocycles. The van der Waals surface area contributed by atoms with Crippen LogP contribution in [0.25, 0.3) is 0 Å². The van der Waals surface area contributed by atoms with Gasteiger partial charge in [0.25, 0.3) is 0 Å². The van der Waals surface area contributed by atoms with Crippen molar-refractivity contribution in [1.29, 1.82) is 0 Å². The Kier molecular flexibility index (Phi) is 5.55. The van der Waals surface area contributed by atoms with Gasteiger partial charge in [0.1, 0.15) is 11.8 Å². The summed E-state index contributed by atoms with van der Waals surface area (Å²) in [6.07, 6.45) is 4.47. The minimum atomic E-state index is -0.536. The Morgan fingerprint density at radius 1 is 1.52 bits per heavy atom. The number of carbonyl (C=O) groups excluding carboxylic acids is 1. The molecule has 1 aliphatic rings. The van der Waals surface area contributed by atoms with Crippen LogP contribution in [0.4, 0.5) is 5.13 Å². The summed E-state index contributed by atoms with van der Waals surface area (Å²) < 4.78 is 5.01. The van der Waals surface area contributed by atoms with Crippen LogP contribution in [0, 0.1) is 5.92 Å². The predicted molar refractivity (Wildman–Crippen MR) is 82.2 cm³/mol. The molecule has 0 aliphatic heterocycles. The number of rotatable bonds is 5. The molecule has 116 valence electrons. The van der Waals surface area contributed by atoms with Gasteiger partial charge in [-0.2, -0.15) is 0 Å². The minimum Gasteiger partial charge on any atom is -0.461 e. The van der Waals surface area contributed by atoms with Crippen LogP contribution in [0.3, 0.4) is 0 Å². The Labute approximate surface area is 128 Å². The second kappa shape index (κ2) is 7.40. The van der Waals surface area contributed by atoms with Crippen molar-refractivity contribution in [3.05, 3.63) is 11.1 Å². The molecule has 0 aromatic carbocycles. The largest absolute Gasteiger partial charge is 0.461 e. The van der Waals surface area contributed by atoms with Gasteiger partial charge < -0.3 is 15.3 Å². The molecule has 2 N–H and O–H groups in total. The SMILES string of the molecule is CCOC(=O)C(=NO[C@@H]1CCCC[C@@H]1C)c1csc(N)n1. The summed E-state index contributed by atoms with van der Waals surface area (Å²) in [5, 5.41) is 6.09. The van der Waals surface area contributed by atoms with Crippen molar-refractivity contribution in [2.75, 3.05) is 12.3 Å². The molecule has 0 radical (unpaired) electrons. The van der Waals surface area contributed by atoms with Gasteiger partial charge in [0, 0.05) is 5.38 Å². The standard InChI is InChI=1S/C14H21N3O3S/c1-3-19-13(18)12(10-8-21-14(15)16-10)17-20-11-7-5-4-6-9(11)2/h8-9,11H,3-7H2,1-2H3,(H2,15,16)/t9-,11+/m0/s1. The van der Waals surface area contributed by atoms with Crippen molar-refractivity contribution in [1.82, 2.24) is 4.98 Å². The first kappa shape index (κ1) is 15.8. The van der Waals surface area contributed by atoms with Crippen molar-refractivity contribution in [2.24, 2.45) is 11.1 Å². The number of hydrogen-bond donors (Lipinski definition) is 1. The maximum absolute atomic E-state index is 12.0. The third kappa shape index (κ3) is 4.17. The zero-order valence-electron chi connectivity index (χ0n) is 12.4. The van der Waals surface area contributed by atoms with Crippen molar-refractivity contribution >= 4 is 28.1 Å². The maximum Gasteiger partial charge on any atom is 0.362 e. The maximum atomic E-state index is 12.0. The monoisotopic (exact) mass is 311 g/mol. The van der Waals surface area contributed by atoms with E-state index in [1.807, 2.05) is 0 Å². The van der Waals surface area contributed by atoms with Crippen molar-refractivity contribution in [3.63, 3.8) is 0 Å². The first-order valence-corrected chi connectivity index (χ1v) is 8.12. The van der Waals surface area contributed by atoms with E-state index in [2.05, 4.69) is 17.1 Å². The zero-order chi connectivity index (χ0) is 15.2. The summed E-state index contributed by atoms with van der Waals surface area (Å²) in [5.74, 6) is -0.0993. The summed E-state index contributed by atoms with van der Waals surface area (Å²) >= 11 is 1.25. The smallest absolute Gasteiger partial charge is 0.362 e. The van der Waals surface area contributed by atoms with Crippen LogP contribution in [0.2, 0.25) is 0 Å². The fraction of sp³-hybridized carbons (Fsp3) is 0.643. The van der Waals surface area contributed by atoms with E-state index in [4.69, 9.17) is 15.3 Å². The minimum absolute atomic E-state index is 0.0409. The number of hydrogen-bond acceptors (Lipinski definition) is 7. The van der Waals surface area contributed by atoms with Gasteiger partial charge in [-0.05, 0) is 32.1 Å². The van der Waals surface area contributed by atoms with Gasteiger partial charge in [-0.15, -0.1) is 11.3 Å². The Bertz CT molecular complexity index is 515. The van der Waals surface area contributed by atoms with Gasteiger partial charge in [-0.3, -0.25) is 0 Å². The highest BCUT2D eigenvalue weighted by atomic mass is 32.1. The number of oxime groups is 1.